The fourth-order valence-electron chi connectivity index (χ4n) is 3.19. The molecule has 0 saturated carbocycles. The molecule has 1 aliphatic heterocycles. The first-order valence-corrected chi connectivity index (χ1v) is 9.11. The number of para-hydroxylation sites is 1. The van der Waals surface area contributed by atoms with Gasteiger partial charge >= 0.3 is 5.97 Å². The highest BCUT2D eigenvalue weighted by molar-refractivity contribution is 5.96. The zero-order valence-electron chi connectivity index (χ0n) is 15.6. The predicted octanol–water partition coefficient (Wildman–Crippen LogP) is 2.95. The highest BCUT2D eigenvalue weighted by atomic mass is 16.6. The van der Waals surface area contributed by atoms with Gasteiger partial charge in [0.25, 0.3) is 11.6 Å². The number of carbonyl (C=O) groups is 2. The molecule has 1 saturated heterocycles. The summed E-state index contributed by atoms with van der Waals surface area (Å²) in [6, 6.07) is 13.1. The van der Waals surface area contributed by atoms with Crippen LogP contribution in [0.15, 0.2) is 48.5 Å². The second-order valence-corrected chi connectivity index (χ2v) is 6.86. The minimum absolute atomic E-state index is 0.0671. The second kappa shape index (κ2) is 8.70. The summed E-state index contributed by atoms with van der Waals surface area (Å²) in [4.78, 5) is 35.1. The molecule has 0 radical (unpaired) electrons. The van der Waals surface area contributed by atoms with Gasteiger partial charge in [-0.3, -0.25) is 19.7 Å². The van der Waals surface area contributed by atoms with Crippen LogP contribution in [0.1, 0.15) is 23.2 Å². The molecule has 3 N–H and O–H groups in total. The molecule has 3 rings (SSSR count). The monoisotopic (exact) mass is 399 g/mol. The Morgan fingerprint density at radius 1 is 1.14 bits per heavy atom. The van der Waals surface area contributed by atoms with Crippen molar-refractivity contribution in [3.63, 3.8) is 0 Å². The molecule has 0 aromatic heterocycles. The number of nitro benzene ring substituents is 1. The van der Waals surface area contributed by atoms with Gasteiger partial charge in [-0.05, 0) is 37.1 Å². The predicted molar refractivity (Wildman–Crippen MR) is 105 cm³/mol. The Balaban J connectivity index is 1.76. The maximum atomic E-state index is 12.5. The molecule has 2 aromatic rings. The van der Waals surface area contributed by atoms with Crippen molar-refractivity contribution in [3.8, 4) is 0 Å². The van der Waals surface area contributed by atoms with Gasteiger partial charge in [-0.2, -0.15) is 0 Å². The number of carboxylic acids is 1. The molecule has 2 aromatic carbocycles. The number of carbonyl (C=O) groups excluding carboxylic acids is 1. The third-order valence-electron chi connectivity index (χ3n) is 5.00. The molecule has 1 amide bonds. The number of amides is 1. The molecule has 1 aliphatic rings. The van der Waals surface area contributed by atoms with E-state index in [1.807, 2.05) is 6.07 Å². The first kappa shape index (κ1) is 20.3. The van der Waals surface area contributed by atoms with Crippen LogP contribution in [0.25, 0.3) is 0 Å². The van der Waals surface area contributed by atoms with Gasteiger partial charge in [-0.25, -0.2) is 0 Å². The average molecular weight is 399 g/mol. The standard InChI is InChI=1S/C20H21N3O6/c24-18(21-13-20(19(25)26)8-10-29-11-9-20)14-6-7-16(17(12-14)23(27)28)22-15-4-2-1-3-5-15/h1-7,12,22H,8-11,13H2,(H,21,24)(H,25,26). The van der Waals surface area contributed by atoms with Crippen molar-refractivity contribution in [3.05, 3.63) is 64.2 Å². The molecule has 1 heterocycles. The molecule has 0 atom stereocenters. The fourth-order valence-corrected chi connectivity index (χ4v) is 3.19. The van der Waals surface area contributed by atoms with Gasteiger partial charge in [-0.15, -0.1) is 0 Å². The number of nitrogens with zero attached hydrogens (tertiary/aromatic N) is 1. The van der Waals surface area contributed by atoms with Gasteiger partial charge in [0, 0.05) is 37.1 Å². The Labute approximate surface area is 166 Å². The van der Waals surface area contributed by atoms with E-state index in [4.69, 9.17) is 4.74 Å². The van der Waals surface area contributed by atoms with E-state index >= 15 is 0 Å². The summed E-state index contributed by atoms with van der Waals surface area (Å²) in [5.41, 5.74) is -0.322. The first-order valence-electron chi connectivity index (χ1n) is 9.11. The molecule has 29 heavy (non-hydrogen) atoms. The third-order valence-corrected chi connectivity index (χ3v) is 5.00. The topological polar surface area (TPSA) is 131 Å². The number of ether oxygens (including phenoxy) is 1. The zero-order valence-corrected chi connectivity index (χ0v) is 15.6. The van der Waals surface area contributed by atoms with Crippen molar-refractivity contribution in [2.45, 2.75) is 12.8 Å². The van der Waals surface area contributed by atoms with Crippen LogP contribution in [-0.2, 0) is 9.53 Å². The highest BCUT2D eigenvalue weighted by Gasteiger charge is 2.40. The van der Waals surface area contributed by atoms with E-state index in [0.29, 0.717) is 31.7 Å². The Morgan fingerprint density at radius 2 is 1.83 bits per heavy atom. The van der Waals surface area contributed by atoms with Gasteiger partial charge in [0.2, 0.25) is 0 Å². The number of benzene rings is 2. The molecule has 9 heteroatoms. The van der Waals surface area contributed by atoms with E-state index in [2.05, 4.69) is 10.6 Å². The maximum Gasteiger partial charge on any atom is 0.311 e. The SMILES string of the molecule is O=C(NCC1(C(=O)O)CCOCC1)c1ccc(Nc2ccccc2)c([N+](=O)[O-])c1. The van der Waals surface area contributed by atoms with Gasteiger partial charge in [0.05, 0.1) is 10.3 Å². The number of nitrogens with one attached hydrogen (secondary N) is 2. The van der Waals surface area contributed by atoms with Gasteiger partial charge in [0.15, 0.2) is 0 Å². The molecule has 0 bridgehead atoms. The number of carboxylic acid groups (broad SMARTS) is 1. The maximum absolute atomic E-state index is 12.5. The van der Waals surface area contributed by atoms with Crippen LogP contribution in [0, 0.1) is 15.5 Å². The minimum Gasteiger partial charge on any atom is -0.481 e. The van der Waals surface area contributed by atoms with Crippen LogP contribution in [0.3, 0.4) is 0 Å². The number of rotatable bonds is 7. The van der Waals surface area contributed by atoms with Gasteiger partial charge in [-0.1, -0.05) is 18.2 Å². The van der Waals surface area contributed by atoms with Crippen LogP contribution in [0.5, 0.6) is 0 Å². The number of nitro groups is 1. The zero-order chi connectivity index (χ0) is 20.9. The Kier molecular flexibility index (Phi) is 6.08. The molecule has 0 spiro atoms. The van der Waals surface area contributed by atoms with Gasteiger partial charge in [0.1, 0.15) is 5.69 Å². The van der Waals surface area contributed by atoms with Crippen LogP contribution in [-0.4, -0.2) is 41.7 Å². The average Bonchev–Trinajstić information content (AvgIpc) is 2.73. The Morgan fingerprint density at radius 3 is 2.45 bits per heavy atom. The lowest BCUT2D eigenvalue weighted by atomic mass is 9.80. The quantitative estimate of drug-likeness (QED) is 0.482. The number of hydrogen-bond donors (Lipinski definition) is 3. The van der Waals surface area contributed by atoms with Gasteiger partial charge < -0.3 is 20.5 Å². The highest BCUT2D eigenvalue weighted by Crippen LogP contribution is 2.31. The summed E-state index contributed by atoms with van der Waals surface area (Å²) in [5, 5.41) is 26.6. The molecule has 1 fully saturated rings. The normalized spacial score (nSPS) is 15.3. The molecule has 0 unspecified atom stereocenters. The summed E-state index contributed by atoms with van der Waals surface area (Å²) in [6.45, 7) is 0.559. The van der Waals surface area contributed by atoms with Crippen molar-refractivity contribution < 1.29 is 24.4 Å². The van der Waals surface area contributed by atoms with Crippen LogP contribution < -0.4 is 10.6 Å². The van der Waals surface area contributed by atoms with Crippen molar-refractivity contribution in [1.82, 2.24) is 5.32 Å². The largest absolute Gasteiger partial charge is 0.481 e. The lowest BCUT2D eigenvalue weighted by Gasteiger charge is -2.33. The summed E-state index contributed by atoms with van der Waals surface area (Å²) in [7, 11) is 0. The Bertz CT molecular complexity index is 910. The van der Waals surface area contributed by atoms with E-state index in [1.54, 1.807) is 24.3 Å². The van der Waals surface area contributed by atoms with E-state index < -0.39 is 22.2 Å². The molecule has 152 valence electrons. The van der Waals surface area contributed by atoms with Crippen molar-refractivity contribution >= 4 is 28.9 Å². The number of hydrogen-bond acceptors (Lipinski definition) is 6. The summed E-state index contributed by atoms with van der Waals surface area (Å²) >= 11 is 0. The Hall–Kier alpha value is -3.46. The third kappa shape index (κ3) is 4.69. The van der Waals surface area contributed by atoms with E-state index in [-0.39, 0.29) is 23.5 Å². The van der Waals surface area contributed by atoms with Crippen molar-refractivity contribution in [2.75, 3.05) is 25.1 Å². The van der Waals surface area contributed by atoms with E-state index in [9.17, 15) is 24.8 Å². The van der Waals surface area contributed by atoms with Crippen LogP contribution in [0.4, 0.5) is 17.1 Å². The van der Waals surface area contributed by atoms with Crippen LogP contribution >= 0.6 is 0 Å². The summed E-state index contributed by atoms with van der Waals surface area (Å²) in [6.07, 6.45) is 0.589. The molecular formula is C20H21N3O6. The van der Waals surface area contributed by atoms with E-state index in [1.165, 1.54) is 18.2 Å². The van der Waals surface area contributed by atoms with Crippen molar-refractivity contribution in [2.24, 2.45) is 5.41 Å². The number of anilines is 2. The fraction of sp³-hybridized carbons (Fsp3) is 0.300. The minimum atomic E-state index is -1.09. The van der Waals surface area contributed by atoms with E-state index in [0.717, 1.165) is 0 Å². The van der Waals surface area contributed by atoms with Crippen molar-refractivity contribution in [1.29, 1.82) is 0 Å². The molecule has 9 nitrogen and oxygen atoms in total. The summed E-state index contributed by atoms with van der Waals surface area (Å²) in [5.74, 6) is -1.55. The number of aliphatic carboxylic acids is 1. The summed E-state index contributed by atoms with van der Waals surface area (Å²) < 4.78 is 5.21. The molecule has 0 aliphatic carbocycles. The lowest BCUT2D eigenvalue weighted by molar-refractivity contribution is -0.383. The van der Waals surface area contributed by atoms with Crippen LogP contribution in [0.2, 0.25) is 0 Å². The smallest absolute Gasteiger partial charge is 0.311 e. The first-order chi connectivity index (χ1) is 13.9. The molecular weight excluding hydrogens is 378 g/mol. The lowest BCUT2D eigenvalue weighted by Crippen LogP contribution is -2.46. The second-order valence-electron chi connectivity index (χ2n) is 6.86.